The van der Waals surface area contributed by atoms with E-state index in [0.717, 1.165) is 29.4 Å². The molecule has 0 amide bonds. The van der Waals surface area contributed by atoms with Gasteiger partial charge in [-0.25, -0.2) is 4.79 Å². The van der Waals surface area contributed by atoms with Gasteiger partial charge in [-0.2, -0.15) is 0 Å². The summed E-state index contributed by atoms with van der Waals surface area (Å²) in [7, 11) is 1.39. The molecule has 0 aliphatic heterocycles. The minimum absolute atomic E-state index is 0.303. The number of nitrogens with zero attached hydrogens (tertiary/aromatic N) is 1. The van der Waals surface area contributed by atoms with Gasteiger partial charge in [0.15, 0.2) is 0 Å². The molecule has 22 heavy (non-hydrogen) atoms. The molecular weight excluding hydrogens is 274 g/mol. The van der Waals surface area contributed by atoms with Gasteiger partial charge >= 0.3 is 5.97 Å². The van der Waals surface area contributed by atoms with Crippen LogP contribution in [0.2, 0.25) is 0 Å². The molecule has 0 bridgehead atoms. The maximum Gasteiger partial charge on any atom is 0.337 e. The van der Waals surface area contributed by atoms with Crippen LogP contribution in [0, 0.1) is 0 Å². The molecule has 0 N–H and O–H groups in total. The van der Waals surface area contributed by atoms with E-state index in [0.29, 0.717) is 5.56 Å². The standard InChI is InChI=1S/C19H17NO2/c1-22-19(21)16-9-6-14(7-10-16)8-12-17-13-11-15-4-2-3-5-18(15)20-17/h2-7,9-11,13H,8,12H2,1H3. The molecule has 1 heterocycles. The number of aryl methyl sites for hydroxylation is 2. The molecule has 0 saturated heterocycles. The largest absolute Gasteiger partial charge is 0.465 e. The summed E-state index contributed by atoms with van der Waals surface area (Å²) in [4.78, 5) is 16.1. The lowest BCUT2D eigenvalue weighted by Gasteiger charge is -2.05. The van der Waals surface area contributed by atoms with Crippen molar-refractivity contribution in [2.75, 3.05) is 7.11 Å². The number of pyridine rings is 1. The van der Waals surface area contributed by atoms with Gasteiger partial charge in [-0.3, -0.25) is 4.98 Å². The van der Waals surface area contributed by atoms with Crippen molar-refractivity contribution in [2.45, 2.75) is 12.8 Å². The Balaban J connectivity index is 1.69. The van der Waals surface area contributed by atoms with Crippen LogP contribution in [0.15, 0.2) is 60.7 Å². The number of carbonyl (C=O) groups is 1. The fourth-order valence-corrected chi connectivity index (χ4v) is 2.45. The van der Waals surface area contributed by atoms with Crippen molar-refractivity contribution in [1.82, 2.24) is 4.98 Å². The van der Waals surface area contributed by atoms with E-state index in [1.54, 1.807) is 12.1 Å². The topological polar surface area (TPSA) is 39.2 Å². The van der Waals surface area contributed by atoms with Gasteiger partial charge in [0, 0.05) is 11.1 Å². The SMILES string of the molecule is COC(=O)c1ccc(CCc2ccc3ccccc3n2)cc1. The molecule has 0 atom stereocenters. The first kappa shape index (κ1) is 14.3. The number of esters is 1. The van der Waals surface area contributed by atoms with Gasteiger partial charge in [-0.15, -0.1) is 0 Å². The summed E-state index contributed by atoms with van der Waals surface area (Å²) in [5, 5.41) is 1.16. The Labute approximate surface area is 129 Å². The van der Waals surface area contributed by atoms with Crippen molar-refractivity contribution in [2.24, 2.45) is 0 Å². The van der Waals surface area contributed by atoms with Crippen molar-refractivity contribution in [1.29, 1.82) is 0 Å². The third-order valence-electron chi connectivity index (χ3n) is 3.70. The van der Waals surface area contributed by atoms with E-state index in [2.05, 4.69) is 23.2 Å². The molecule has 1 aromatic heterocycles. The zero-order valence-electron chi connectivity index (χ0n) is 12.5. The predicted octanol–water partition coefficient (Wildman–Crippen LogP) is 3.81. The second kappa shape index (κ2) is 6.39. The smallest absolute Gasteiger partial charge is 0.337 e. The number of fused-ring (bicyclic) bond motifs is 1. The van der Waals surface area contributed by atoms with E-state index in [-0.39, 0.29) is 5.97 Å². The highest BCUT2D eigenvalue weighted by Crippen LogP contribution is 2.14. The minimum atomic E-state index is -0.303. The summed E-state index contributed by atoms with van der Waals surface area (Å²) in [6.45, 7) is 0. The summed E-state index contributed by atoms with van der Waals surface area (Å²) < 4.78 is 4.70. The summed E-state index contributed by atoms with van der Waals surface area (Å²) >= 11 is 0. The Kier molecular flexibility index (Phi) is 4.15. The average Bonchev–Trinajstić information content (AvgIpc) is 2.59. The van der Waals surface area contributed by atoms with Gasteiger partial charge < -0.3 is 4.74 Å². The quantitative estimate of drug-likeness (QED) is 0.686. The van der Waals surface area contributed by atoms with Crippen LogP contribution in [0.5, 0.6) is 0 Å². The lowest BCUT2D eigenvalue weighted by Crippen LogP contribution is -2.01. The molecule has 0 aliphatic carbocycles. The molecule has 2 aromatic carbocycles. The molecule has 0 unspecified atom stereocenters. The number of carbonyl (C=O) groups excluding carboxylic acids is 1. The molecule has 0 spiro atoms. The first-order valence-corrected chi connectivity index (χ1v) is 7.28. The van der Waals surface area contributed by atoms with Crippen molar-refractivity contribution >= 4 is 16.9 Å². The molecule has 110 valence electrons. The van der Waals surface area contributed by atoms with Crippen LogP contribution in [-0.2, 0) is 17.6 Å². The normalized spacial score (nSPS) is 10.6. The first-order chi connectivity index (χ1) is 10.8. The fraction of sp³-hybridized carbons (Fsp3) is 0.158. The lowest BCUT2D eigenvalue weighted by atomic mass is 10.1. The van der Waals surface area contributed by atoms with E-state index in [1.807, 2.05) is 30.3 Å². The maximum absolute atomic E-state index is 11.4. The van der Waals surface area contributed by atoms with Gasteiger partial charge in [0.25, 0.3) is 0 Å². The summed E-state index contributed by atoms with van der Waals surface area (Å²) in [6.07, 6.45) is 1.77. The molecule has 0 fully saturated rings. The highest BCUT2D eigenvalue weighted by Gasteiger charge is 2.05. The van der Waals surface area contributed by atoms with E-state index >= 15 is 0 Å². The fourth-order valence-electron chi connectivity index (χ4n) is 2.45. The van der Waals surface area contributed by atoms with Crippen LogP contribution in [0.25, 0.3) is 10.9 Å². The van der Waals surface area contributed by atoms with E-state index < -0.39 is 0 Å². The molecule has 0 aliphatic rings. The Bertz CT molecular complexity index is 794. The number of rotatable bonds is 4. The van der Waals surface area contributed by atoms with Crippen LogP contribution in [0.4, 0.5) is 0 Å². The molecular formula is C19H17NO2. The lowest BCUT2D eigenvalue weighted by molar-refractivity contribution is 0.0600. The summed E-state index contributed by atoms with van der Waals surface area (Å²) in [5.41, 5.74) is 3.87. The number of hydrogen-bond donors (Lipinski definition) is 0. The number of methoxy groups -OCH3 is 1. The van der Waals surface area contributed by atoms with Crippen LogP contribution in [-0.4, -0.2) is 18.1 Å². The van der Waals surface area contributed by atoms with Crippen molar-refractivity contribution in [3.63, 3.8) is 0 Å². The van der Waals surface area contributed by atoms with Crippen LogP contribution >= 0.6 is 0 Å². The summed E-state index contributed by atoms with van der Waals surface area (Å²) in [5.74, 6) is -0.303. The Morgan fingerprint density at radius 1 is 0.955 bits per heavy atom. The van der Waals surface area contributed by atoms with Gasteiger partial charge in [0.05, 0.1) is 18.2 Å². The molecule has 3 aromatic rings. The van der Waals surface area contributed by atoms with Crippen molar-refractivity contribution in [3.8, 4) is 0 Å². The zero-order valence-corrected chi connectivity index (χ0v) is 12.5. The van der Waals surface area contributed by atoms with E-state index in [1.165, 1.54) is 12.7 Å². The highest BCUT2D eigenvalue weighted by molar-refractivity contribution is 5.89. The average molecular weight is 291 g/mol. The van der Waals surface area contributed by atoms with Gasteiger partial charge in [0.2, 0.25) is 0 Å². The van der Waals surface area contributed by atoms with Crippen molar-refractivity contribution in [3.05, 3.63) is 77.5 Å². The number of benzene rings is 2. The number of para-hydroxylation sites is 1. The Morgan fingerprint density at radius 2 is 1.73 bits per heavy atom. The predicted molar refractivity (Wildman–Crippen MR) is 86.9 cm³/mol. The molecule has 3 rings (SSSR count). The second-order valence-electron chi connectivity index (χ2n) is 5.18. The number of ether oxygens (including phenoxy) is 1. The Morgan fingerprint density at radius 3 is 2.50 bits per heavy atom. The third kappa shape index (κ3) is 3.14. The Hall–Kier alpha value is -2.68. The minimum Gasteiger partial charge on any atom is -0.465 e. The molecule has 3 nitrogen and oxygen atoms in total. The first-order valence-electron chi connectivity index (χ1n) is 7.28. The summed E-state index contributed by atoms with van der Waals surface area (Å²) in [6, 6.07) is 19.8. The van der Waals surface area contributed by atoms with Crippen LogP contribution in [0.1, 0.15) is 21.6 Å². The van der Waals surface area contributed by atoms with Crippen LogP contribution in [0.3, 0.4) is 0 Å². The highest BCUT2D eigenvalue weighted by atomic mass is 16.5. The van der Waals surface area contributed by atoms with E-state index in [9.17, 15) is 4.79 Å². The number of aromatic nitrogens is 1. The molecule has 0 saturated carbocycles. The second-order valence-corrected chi connectivity index (χ2v) is 5.18. The van der Waals surface area contributed by atoms with Gasteiger partial charge in [-0.1, -0.05) is 36.4 Å². The zero-order chi connectivity index (χ0) is 15.4. The van der Waals surface area contributed by atoms with Gasteiger partial charge in [-0.05, 0) is 42.7 Å². The van der Waals surface area contributed by atoms with Crippen LogP contribution < -0.4 is 0 Å². The molecule has 3 heteroatoms. The maximum atomic E-state index is 11.4. The van der Waals surface area contributed by atoms with Crippen molar-refractivity contribution < 1.29 is 9.53 Å². The van der Waals surface area contributed by atoms with E-state index in [4.69, 9.17) is 4.74 Å². The third-order valence-corrected chi connectivity index (χ3v) is 3.70. The number of hydrogen-bond acceptors (Lipinski definition) is 3. The van der Waals surface area contributed by atoms with Gasteiger partial charge in [0.1, 0.15) is 0 Å². The monoisotopic (exact) mass is 291 g/mol. The molecule has 0 radical (unpaired) electrons.